The Kier molecular flexibility index (Phi) is 3.19. The molecule has 0 aliphatic carbocycles. The molecular formula is C14H10F2O. The smallest absolute Gasteiger partial charge is 0.127 e. The van der Waals surface area contributed by atoms with Crippen molar-refractivity contribution in [3.8, 4) is 5.75 Å². The van der Waals surface area contributed by atoms with Crippen molar-refractivity contribution in [2.75, 3.05) is 0 Å². The van der Waals surface area contributed by atoms with Gasteiger partial charge in [-0.3, -0.25) is 0 Å². The molecule has 0 atom stereocenters. The number of phenols is 1. The maximum Gasteiger partial charge on any atom is 0.127 e. The molecule has 2 rings (SSSR count). The van der Waals surface area contributed by atoms with E-state index in [9.17, 15) is 13.9 Å². The fourth-order valence-corrected chi connectivity index (χ4v) is 1.46. The summed E-state index contributed by atoms with van der Waals surface area (Å²) in [4.78, 5) is 0. The van der Waals surface area contributed by atoms with Gasteiger partial charge in [-0.2, -0.15) is 0 Å². The first-order valence-corrected chi connectivity index (χ1v) is 5.07. The number of hydrogen-bond donors (Lipinski definition) is 1. The monoisotopic (exact) mass is 232 g/mol. The van der Waals surface area contributed by atoms with Crippen LogP contribution in [0.5, 0.6) is 5.75 Å². The lowest BCUT2D eigenvalue weighted by Crippen LogP contribution is -1.78. The average molecular weight is 232 g/mol. The first-order chi connectivity index (χ1) is 8.13. The summed E-state index contributed by atoms with van der Waals surface area (Å²) in [6, 6.07) is 9.72. The highest BCUT2D eigenvalue weighted by Crippen LogP contribution is 2.17. The third-order valence-electron chi connectivity index (χ3n) is 2.24. The van der Waals surface area contributed by atoms with E-state index in [4.69, 9.17) is 0 Å². The zero-order valence-electron chi connectivity index (χ0n) is 8.90. The minimum absolute atomic E-state index is 0.122. The lowest BCUT2D eigenvalue weighted by molar-refractivity contribution is 0.469. The van der Waals surface area contributed by atoms with Crippen LogP contribution in [0.4, 0.5) is 8.78 Å². The molecule has 0 saturated heterocycles. The summed E-state index contributed by atoms with van der Waals surface area (Å²) in [5.41, 5.74) is 1.35. The lowest BCUT2D eigenvalue weighted by Gasteiger charge is -1.97. The molecule has 0 fully saturated rings. The zero-order valence-corrected chi connectivity index (χ0v) is 8.90. The van der Waals surface area contributed by atoms with Crippen molar-refractivity contribution in [2.45, 2.75) is 0 Å². The molecule has 1 nitrogen and oxygen atoms in total. The third-order valence-corrected chi connectivity index (χ3v) is 2.24. The fourth-order valence-electron chi connectivity index (χ4n) is 1.46. The van der Waals surface area contributed by atoms with Crippen LogP contribution in [-0.2, 0) is 0 Å². The maximum atomic E-state index is 13.0. The second-order valence-corrected chi connectivity index (χ2v) is 3.63. The number of hydrogen-bond acceptors (Lipinski definition) is 1. The van der Waals surface area contributed by atoms with Crippen LogP contribution in [0.1, 0.15) is 11.1 Å². The van der Waals surface area contributed by atoms with Crippen molar-refractivity contribution in [3.05, 3.63) is 65.2 Å². The van der Waals surface area contributed by atoms with Gasteiger partial charge in [0.05, 0.1) is 0 Å². The highest BCUT2D eigenvalue weighted by molar-refractivity contribution is 5.70. The number of rotatable bonds is 2. The minimum Gasteiger partial charge on any atom is -0.508 e. The molecule has 2 aromatic rings. The number of aromatic hydroxyl groups is 1. The Morgan fingerprint density at radius 1 is 0.765 bits per heavy atom. The first kappa shape index (κ1) is 11.3. The van der Waals surface area contributed by atoms with Crippen LogP contribution < -0.4 is 0 Å². The summed E-state index contributed by atoms with van der Waals surface area (Å²) in [5, 5.41) is 9.20. The van der Waals surface area contributed by atoms with Crippen LogP contribution in [0.15, 0.2) is 42.5 Å². The van der Waals surface area contributed by atoms with E-state index in [-0.39, 0.29) is 11.6 Å². The van der Waals surface area contributed by atoms with Crippen molar-refractivity contribution in [1.29, 1.82) is 0 Å². The zero-order chi connectivity index (χ0) is 12.3. The Labute approximate surface area is 97.7 Å². The van der Waals surface area contributed by atoms with Gasteiger partial charge in [0.1, 0.15) is 17.4 Å². The number of phenolic OH excluding ortho intramolecular Hbond substituents is 1. The fraction of sp³-hybridized carbons (Fsp3) is 0. The van der Waals surface area contributed by atoms with Gasteiger partial charge in [0, 0.05) is 6.07 Å². The summed E-state index contributed by atoms with van der Waals surface area (Å²) in [5.74, 6) is -0.918. The Bertz CT molecular complexity index is 524. The summed E-state index contributed by atoms with van der Waals surface area (Å²) in [6.07, 6.45) is 3.36. The molecule has 86 valence electrons. The minimum atomic E-state index is -0.497. The number of halogens is 2. The molecule has 1 N–H and O–H groups in total. The van der Waals surface area contributed by atoms with Crippen LogP contribution in [-0.4, -0.2) is 5.11 Å². The second kappa shape index (κ2) is 4.78. The van der Waals surface area contributed by atoms with E-state index in [1.807, 2.05) is 0 Å². The highest BCUT2D eigenvalue weighted by atomic mass is 19.1. The molecule has 0 amide bonds. The SMILES string of the molecule is Oc1cc(F)cc(/C=C/c2ccc(F)cc2)c1. The number of benzene rings is 2. The average Bonchev–Trinajstić information content (AvgIpc) is 2.27. The van der Waals surface area contributed by atoms with E-state index < -0.39 is 5.82 Å². The van der Waals surface area contributed by atoms with Crippen LogP contribution in [0.2, 0.25) is 0 Å². The van der Waals surface area contributed by atoms with Gasteiger partial charge in [-0.1, -0.05) is 24.3 Å². The van der Waals surface area contributed by atoms with Crippen molar-refractivity contribution in [2.24, 2.45) is 0 Å². The predicted octanol–water partition coefficient (Wildman–Crippen LogP) is 3.84. The van der Waals surface area contributed by atoms with Crippen LogP contribution in [0, 0.1) is 11.6 Å². The van der Waals surface area contributed by atoms with Crippen LogP contribution >= 0.6 is 0 Å². The Morgan fingerprint density at radius 2 is 1.41 bits per heavy atom. The van der Waals surface area contributed by atoms with E-state index in [1.54, 1.807) is 24.3 Å². The van der Waals surface area contributed by atoms with Crippen molar-refractivity contribution >= 4 is 12.2 Å². The van der Waals surface area contributed by atoms with E-state index in [1.165, 1.54) is 24.3 Å². The highest BCUT2D eigenvalue weighted by Gasteiger charge is 1.96. The molecular weight excluding hydrogens is 222 g/mol. The normalized spacial score (nSPS) is 10.9. The molecule has 2 aromatic carbocycles. The summed E-state index contributed by atoms with van der Waals surface area (Å²) < 4.78 is 25.6. The van der Waals surface area contributed by atoms with E-state index in [0.717, 1.165) is 11.6 Å². The predicted molar refractivity (Wildman–Crippen MR) is 63.4 cm³/mol. The molecule has 0 bridgehead atoms. The molecule has 3 heteroatoms. The summed E-state index contributed by atoms with van der Waals surface area (Å²) >= 11 is 0. The van der Waals surface area contributed by atoms with E-state index >= 15 is 0 Å². The van der Waals surface area contributed by atoms with Crippen LogP contribution in [0.25, 0.3) is 12.2 Å². The molecule has 0 aromatic heterocycles. The van der Waals surface area contributed by atoms with Crippen molar-refractivity contribution < 1.29 is 13.9 Å². The Hall–Kier alpha value is -2.16. The third kappa shape index (κ3) is 3.14. The van der Waals surface area contributed by atoms with Gasteiger partial charge in [0.2, 0.25) is 0 Å². The van der Waals surface area contributed by atoms with Gasteiger partial charge in [0.25, 0.3) is 0 Å². The van der Waals surface area contributed by atoms with Gasteiger partial charge in [-0.25, -0.2) is 8.78 Å². The van der Waals surface area contributed by atoms with Gasteiger partial charge in [-0.05, 0) is 35.4 Å². The van der Waals surface area contributed by atoms with Crippen molar-refractivity contribution in [1.82, 2.24) is 0 Å². The van der Waals surface area contributed by atoms with Gasteiger partial charge >= 0.3 is 0 Å². The quantitative estimate of drug-likeness (QED) is 0.780. The lowest BCUT2D eigenvalue weighted by atomic mass is 10.1. The molecule has 0 spiro atoms. The summed E-state index contributed by atoms with van der Waals surface area (Å²) in [6.45, 7) is 0. The summed E-state index contributed by atoms with van der Waals surface area (Å²) in [7, 11) is 0. The van der Waals surface area contributed by atoms with Crippen molar-refractivity contribution in [3.63, 3.8) is 0 Å². The first-order valence-electron chi connectivity index (χ1n) is 5.07. The largest absolute Gasteiger partial charge is 0.508 e. The topological polar surface area (TPSA) is 20.2 Å². The molecule has 0 saturated carbocycles. The maximum absolute atomic E-state index is 13.0. The molecule has 0 heterocycles. The molecule has 0 aliphatic rings. The van der Waals surface area contributed by atoms with E-state index in [0.29, 0.717) is 5.56 Å². The second-order valence-electron chi connectivity index (χ2n) is 3.63. The van der Waals surface area contributed by atoms with Gasteiger partial charge in [-0.15, -0.1) is 0 Å². The molecule has 0 radical (unpaired) electrons. The Balaban J connectivity index is 2.22. The van der Waals surface area contributed by atoms with E-state index in [2.05, 4.69) is 0 Å². The molecule has 17 heavy (non-hydrogen) atoms. The van der Waals surface area contributed by atoms with Crippen LogP contribution in [0.3, 0.4) is 0 Å². The standard InChI is InChI=1S/C14H10F2O/c15-12-5-3-10(4-6-12)1-2-11-7-13(16)9-14(17)8-11/h1-9,17H/b2-1+. The molecule has 0 unspecified atom stereocenters. The Morgan fingerprint density at radius 3 is 2.06 bits per heavy atom. The van der Waals surface area contributed by atoms with Gasteiger partial charge in [0.15, 0.2) is 0 Å². The van der Waals surface area contributed by atoms with Gasteiger partial charge < -0.3 is 5.11 Å². The molecule has 0 aliphatic heterocycles.